The molecule has 152 valence electrons. The van der Waals surface area contributed by atoms with Crippen molar-refractivity contribution in [3.8, 4) is 10.9 Å². The molecule has 2 aliphatic rings. The molecule has 1 atom stereocenters. The quantitative estimate of drug-likeness (QED) is 0.686. The Bertz CT molecular complexity index is 848. The molecule has 0 radical (unpaired) electrons. The zero-order valence-electron chi connectivity index (χ0n) is 16.1. The van der Waals surface area contributed by atoms with Crippen LogP contribution in [0.1, 0.15) is 39.5 Å². The fourth-order valence-electron chi connectivity index (χ4n) is 3.24. The van der Waals surface area contributed by atoms with Gasteiger partial charge in [-0.2, -0.15) is 0 Å². The van der Waals surface area contributed by atoms with Crippen LogP contribution in [0, 0.1) is 11.7 Å². The summed E-state index contributed by atoms with van der Waals surface area (Å²) in [6, 6.07) is 3.42. The third kappa shape index (κ3) is 4.72. The van der Waals surface area contributed by atoms with Crippen molar-refractivity contribution in [2.45, 2.75) is 57.8 Å². The van der Waals surface area contributed by atoms with Gasteiger partial charge in [-0.25, -0.2) is 9.37 Å². The Hall–Kier alpha value is -1.93. The first-order valence-electron chi connectivity index (χ1n) is 9.75. The molecule has 28 heavy (non-hydrogen) atoms. The minimum absolute atomic E-state index is 0.00168. The summed E-state index contributed by atoms with van der Waals surface area (Å²) in [7, 11) is 0. The maximum Gasteiger partial charge on any atom is 0.274 e. The Kier molecular flexibility index (Phi) is 5.68. The van der Waals surface area contributed by atoms with Crippen molar-refractivity contribution in [3.63, 3.8) is 0 Å². The minimum atomic E-state index is -0.364. The molecule has 1 heterocycles. The number of carbonyl (C=O) groups is 1. The number of thiazole rings is 1. The molecule has 0 saturated heterocycles. The average molecular weight is 408 g/mol. The number of ether oxygens (including phenoxy) is 3. The van der Waals surface area contributed by atoms with E-state index in [0.29, 0.717) is 34.5 Å². The second kappa shape index (κ2) is 8.21. The van der Waals surface area contributed by atoms with E-state index in [4.69, 9.17) is 14.2 Å². The smallest absolute Gasteiger partial charge is 0.274 e. The normalized spacial score (nSPS) is 22.5. The highest BCUT2D eigenvalue weighted by molar-refractivity contribution is 7.20. The number of hydrogen-bond donors (Lipinski definition) is 1. The second-order valence-corrected chi connectivity index (χ2v) is 8.69. The summed E-state index contributed by atoms with van der Waals surface area (Å²) in [4.78, 5) is 15.3. The van der Waals surface area contributed by atoms with Crippen LogP contribution in [0.2, 0.25) is 0 Å². The molecule has 1 amide bonds. The lowest BCUT2D eigenvalue weighted by Crippen LogP contribution is -2.40. The van der Waals surface area contributed by atoms with Gasteiger partial charge in [-0.3, -0.25) is 4.79 Å². The highest BCUT2D eigenvalue weighted by Crippen LogP contribution is 2.37. The van der Waals surface area contributed by atoms with Crippen molar-refractivity contribution >= 4 is 27.5 Å². The molecule has 1 aromatic carbocycles. The van der Waals surface area contributed by atoms with Gasteiger partial charge in [-0.1, -0.05) is 11.3 Å². The van der Waals surface area contributed by atoms with Gasteiger partial charge in [-0.05, 0) is 50.7 Å². The van der Waals surface area contributed by atoms with Crippen molar-refractivity contribution in [2.75, 3.05) is 13.2 Å². The van der Waals surface area contributed by atoms with Crippen LogP contribution in [0.3, 0.4) is 0 Å². The van der Waals surface area contributed by atoms with Crippen molar-refractivity contribution in [1.82, 2.24) is 10.3 Å². The minimum Gasteiger partial charge on any atom is -0.490 e. The summed E-state index contributed by atoms with van der Waals surface area (Å²) in [6.45, 7) is 4.38. The monoisotopic (exact) mass is 408 g/mol. The van der Waals surface area contributed by atoms with Crippen LogP contribution in [0.25, 0.3) is 10.2 Å². The van der Waals surface area contributed by atoms with Crippen LogP contribution >= 0.6 is 11.3 Å². The van der Waals surface area contributed by atoms with E-state index in [1.165, 1.54) is 18.3 Å². The number of benzene rings is 1. The Morgan fingerprint density at radius 2 is 2.14 bits per heavy atom. The summed E-state index contributed by atoms with van der Waals surface area (Å²) < 4.78 is 32.4. The molecule has 0 spiro atoms. The van der Waals surface area contributed by atoms with E-state index in [9.17, 15) is 9.18 Å². The summed E-state index contributed by atoms with van der Waals surface area (Å²) in [5.41, 5.74) is 0.607. The lowest BCUT2D eigenvalue weighted by atomic mass is 9.83. The summed E-state index contributed by atoms with van der Waals surface area (Å²) >= 11 is 1.24. The Labute approximate surface area is 167 Å². The number of rotatable bonds is 9. The van der Waals surface area contributed by atoms with E-state index in [2.05, 4.69) is 10.3 Å². The average Bonchev–Trinajstić information content (AvgIpc) is 3.31. The zero-order valence-corrected chi connectivity index (χ0v) is 16.9. The van der Waals surface area contributed by atoms with E-state index >= 15 is 0 Å². The number of nitrogens with zero attached hydrogens (tertiary/aromatic N) is 1. The van der Waals surface area contributed by atoms with E-state index in [0.717, 1.165) is 25.7 Å². The lowest BCUT2D eigenvalue weighted by Gasteiger charge is -2.35. The van der Waals surface area contributed by atoms with Crippen molar-refractivity contribution in [3.05, 3.63) is 17.9 Å². The van der Waals surface area contributed by atoms with E-state index < -0.39 is 0 Å². The van der Waals surface area contributed by atoms with Crippen LogP contribution in [0.5, 0.6) is 10.9 Å². The SMILES string of the molecule is CC(=O)N[C@@H](C)COC1CC(COc2ccc3nc(OC4CC4)sc3c2F)C1. The molecule has 2 saturated carbocycles. The predicted octanol–water partition coefficient (Wildman–Crippen LogP) is 3.68. The molecule has 1 N–H and O–H groups in total. The maximum atomic E-state index is 14.7. The molecule has 0 bridgehead atoms. The first-order valence-corrected chi connectivity index (χ1v) is 10.6. The molecule has 2 aliphatic carbocycles. The third-order valence-corrected chi connectivity index (χ3v) is 5.89. The molecule has 1 aromatic heterocycles. The van der Waals surface area contributed by atoms with Crippen LogP contribution in [0.4, 0.5) is 4.39 Å². The Morgan fingerprint density at radius 1 is 1.36 bits per heavy atom. The van der Waals surface area contributed by atoms with Gasteiger partial charge >= 0.3 is 0 Å². The van der Waals surface area contributed by atoms with Crippen LogP contribution in [-0.2, 0) is 9.53 Å². The van der Waals surface area contributed by atoms with Crippen LogP contribution < -0.4 is 14.8 Å². The number of carbonyl (C=O) groups excluding carboxylic acids is 1. The Morgan fingerprint density at radius 3 is 2.86 bits per heavy atom. The zero-order chi connectivity index (χ0) is 19.7. The Balaban J connectivity index is 1.23. The molecule has 0 unspecified atom stereocenters. The van der Waals surface area contributed by atoms with Gasteiger partial charge in [-0.15, -0.1) is 0 Å². The second-order valence-electron chi connectivity index (χ2n) is 7.73. The molecule has 6 nitrogen and oxygen atoms in total. The molecule has 8 heteroatoms. The van der Waals surface area contributed by atoms with E-state index in [1.807, 2.05) is 6.92 Å². The summed E-state index contributed by atoms with van der Waals surface area (Å²) in [5, 5.41) is 3.33. The van der Waals surface area contributed by atoms with Gasteiger partial charge in [0.2, 0.25) is 5.91 Å². The van der Waals surface area contributed by atoms with E-state index in [-0.39, 0.29) is 35.7 Å². The predicted molar refractivity (Wildman–Crippen MR) is 104 cm³/mol. The van der Waals surface area contributed by atoms with Gasteiger partial charge < -0.3 is 19.5 Å². The number of halogens is 1. The number of nitrogens with one attached hydrogen (secondary N) is 1. The number of hydrogen-bond acceptors (Lipinski definition) is 6. The first kappa shape index (κ1) is 19.4. The van der Waals surface area contributed by atoms with Crippen LogP contribution in [0.15, 0.2) is 12.1 Å². The summed E-state index contributed by atoms with van der Waals surface area (Å²) in [6.07, 6.45) is 4.29. The van der Waals surface area contributed by atoms with Gasteiger partial charge in [0, 0.05) is 13.0 Å². The van der Waals surface area contributed by atoms with Crippen molar-refractivity contribution in [2.24, 2.45) is 5.92 Å². The molecule has 4 rings (SSSR count). The standard InChI is InChI=1S/C20H25FN2O4S/c1-11(22-12(2)24)9-25-15-7-13(8-15)10-26-17-6-5-16-19(18(17)21)28-20(23-16)27-14-3-4-14/h5-6,11,13-15H,3-4,7-10H2,1-2H3,(H,22,24)/t11-,13?,15?/m0/s1. The largest absolute Gasteiger partial charge is 0.490 e. The molecule has 2 fully saturated rings. The van der Waals surface area contributed by atoms with Crippen LogP contribution in [-0.4, -0.2) is 42.4 Å². The molecular formula is C20H25FN2O4S. The fourth-order valence-corrected chi connectivity index (χ4v) is 4.15. The molecule has 0 aliphatic heterocycles. The van der Waals surface area contributed by atoms with Crippen molar-refractivity contribution in [1.29, 1.82) is 0 Å². The van der Waals surface area contributed by atoms with Gasteiger partial charge in [0.05, 0.1) is 29.5 Å². The first-order chi connectivity index (χ1) is 13.5. The topological polar surface area (TPSA) is 69.7 Å². The lowest BCUT2D eigenvalue weighted by molar-refractivity contribution is -0.120. The van der Waals surface area contributed by atoms with Gasteiger partial charge in [0.1, 0.15) is 6.10 Å². The fraction of sp³-hybridized carbons (Fsp3) is 0.600. The molecule has 2 aromatic rings. The number of amides is 1. The molecular weight excluding hydrogens is 383 g/mol. The highest BCUT2D eigenvalue weighted by Gasteiger charge is 2.31. The third-order valence-electron chi connectivity index (χ3n) is 4.93. The van der Waals surface area contributed by atoms with Gasteiger partial charge in [0.15, 0.2) is 11.6 Å². The van der Waals surface area contributed by atoms with Gasteiger partial charge in [0.25, 0.3) is 5.19 Å². The maximum absolute atomic E-state index is 14.7. The number of aromatic nitrogens is 1. The highest BCUT2D eigenvalue weighted by atomic mass is 32.1. The number of fused-ring (bicyclic) bond motifs is 1. The van der Waals surface area contributed by atoms with Crippen molar-refractivity contribution < 1.29 is 23.4 Å². The van der Waals surface area contributed by atoms with E-state index in [1.54, 1.807) is 12.1 Å². The summed E-state index contributed by atoms with van der Waals surface area (Å²) in [5.74, 6) is 0.197.